The highest BCUT2D eigenvalue weighted by molar-refractivity contribution is 5.68. The van der Waals surface area contributed by atoms with Crippen molar-refractivity contribution in [3.05, 3.63) is 41.5 Å². The average molecular weight is 288 g/mol. The molecule has 20 heavy (non-hydrogen) atoms. The van der Waals surface area contributed by atoms with E-state index in [1.165, 1.54) is 0 Å². The fourth-order valence-electron chi connectivity index (χ4n) is 1.87. The molecule has 0 aliphatic rings. The van der Waals surface area contributed by atoms with Gasteiger partial charge in [-0.2, -0.15) is 0 Å². The Kier molecular flexibility index (Phi) is 8.97. The summed E-state index contributed by atoms with van der Waals surface area (Å²) in [5.41, 5.74) is 2.59. The van der Waals surface area contributed by atoms with Crippen LogP contribution < -0.4 is 0 Å². The minimum Gasteiger partial charge on any atom is -0.287 e. The number of halogens is 3. The second-order valence-electron chi connectivity index (χ2n) is 3.89. The Morgan fingerprint density at radius 2 is 1.55 bits per heavy atom. The van der Waals surface area contributed by atoms with Gasteiger partial charge in [-0.25, -0.2) is 0 Å². The summed E-state index contributed by atoms with van der Waals surface area (Å²) in [4.78, 5) is 0. The number of benzene rings is 1. The molecule has 0 saturated heterocycles. The highest BCUT2D eigenvalue weighted by Gasteiger charge is 2.29. The molecule has 114 valence electrons. The molecule has 0 unspecified atom stereocenters. The molecule has 1 aromatic carbocycles. The summed E-state index contributed by atoms with van der Waals surface area (Å²) in [5.74, 6) is 0. The van der Waals surface area contributed by atoms with Crippen LogP contribution in [0.1, 0.15) is 46.1 Å². The number of hydrogen-bond donors (Lipinski definition) is 0. The summed E-state index contributed by atoms with van der Waals surface area (Å²) >= 11 is 0. The normalized spacial score (nSPS) is 12.3. The standard InChI is InChI=1S/C14H17F3O.C2H6/c1-3-11(10-18-14(15,16)17)13(4-2)12-8-6-5-7-9-12;1-2/h5-9H,3-4,10H2,1-2H3;1-2H3/b13-11+;. The molecule has 0 radical (unpaired) electrons. The molecule has 0 aromatic heterocycles. The maximum atomic E-state index is 12.1. The van der Waals surface area contributed by atoms with Crippen LogP contribution in [0.5, 0.6) is 0 Å². The van der Waals surface area contributed by atoms with E-state index in [4.69, 9.17) is 0 Å². The smallest absolute Gasteiger partial charge is 0.287 e. The molecule has 0 atom stereocenters. The van der Waals surface area contributed by atoms with Gasteiger partial charge in [0.05, 0.1) is 6.61 Å². The SMILES string of the molecule is CC.CC/C(COC(F)(F)F)=C(/CC)c1ccccc1. The van der Waals surface area contributed by atoms with E-state index in [0.29, 0.717) is 18.4 Å². The molecule has 1 rings (SSSR count). The molecule has 0 N–H and O–H groups in total. The molecule has 0 heterocycles. The van der Waals surface area contributed by atoms with E-state index in [0.717, 1.165) is 11.1 Å². The number of ether oxygens (including phenoxy) is 1. The van der Waals surface area contributed by atoms with Crippen molar-refractivity contribution < 1.29 is 17.9 Å². The van der Waals surface area contributed by atoms with E-state index in [2.05, 4.69) is 4.74 Å². The van der Waals surface area contributed by atoms with Gasteiger partial charge in [-0.15, -0.1) is 13.2 Å². The summed E-state index contributed by atoms with van der Waals surface area (Å²) in [6, 6.07) is 9.45. The Balaban J connectivity index is 0.00000172. The van der Waals surface area contributed by atoms with Crippen LogP contribution in [0.15, 0.2) is 35.9 Å². The minimum absolute atomic E-state index is 0.391. The maximum absolute atomic E-state index is 12.1. The Bertz CT molecular complexity index is 394. The third-order valence-corrected chi connectivity index (χ3v) is 2.74. The first kappa shape index (κ1) is 18.7. The zero-order chi connectivity index (χ0) is 15.6. The molecule has 0 amide bonds. The van der Waals surface area contributed by atoms with E-state index in [-0.39, 0.29) is 0 Å². The lowest BCUT2D eigenvalue weighted by Crippen LogP contribution is -2.15. The van der Waals surface area contributed by atoms with Gasteiger partial charge in [-0.05, 0) is 29.6 Å². The van der Waals surface area contributed by atoms with Crippen LogP contribution in [0.4, 0.5) is 13.2 Å². The lowest BCUT2D eigenvalue weighted by atomic mass is 9.96. The Hall–Kier alpha value is -1.29. The Labute approximate surface area is 119 Å². The van der Waals surface area contributed by atoms with Crippen LogP contribution in [-0.4, -0.2) is 13.0 Å². The van der Waals surface area contributed by atoms with Gasteiger partial charge in [-0.3, -0.25) is 4.74 Å². The number of alkyl halides is 3. The van der Waals surface area contributed by atoms with Crippen LogP contribution in [0.25, 0.3) is 5.57 Å². The highest BCUT2D eigenvalue weighted by Crippen LogP contribution is 2.26. The molecule has 0 aliphatic carbocycles. The molecular weight excluding hydrogens is 265 g/mol. The zero-order valence-corrected chi connectivity index (χ0v) is 12.6. The van der Waals surface area contributed by atoms with Crippen molar-refractivity contribution in [3.8, 4) is 0 Å². The van der Waals surface area contributed by atoms with Gasteiger partial charge in [0, 0.05) is 0 Å². The fraction of sp³-hybridized carbons (Fsp3) is 0.500. The second-order valence-corrected chi connectivity index (χ2v) is 3.89. The van der Waals surface area contributed by atoms with Gasteiger partial charge in [0.15, 0.2) is 0 Å². The molecule has 1 aromatic rings. The van der Waals surface area contributed by atoms with Crippen molar-refractivity contribution in [2.24, 2.45) is 0 Å². The van der Waals surface area contributed by atoms with Crippen molar-refractivity contribution in [1.29, 1.82) is 0 Å². The minimum atomic E-state index is -4.57. The Morgan fingerprint density at radius 3 is 1.95 bits per heavy atom. The van der Waals surface area contributed by atoms with Crippen molar-refractivity contribution in [3.63, 3.8) is 0 Å². The van der Waals surface area contributed by atoms with Gasteiger partial charge in [0.25, 0.3) is 0 Å². The largest absolute Gasteiger partial charge is 0.522 e. The monoisotopic (exact) mass is 288 g/mol. The van der Waals surface area contributed by atoms with Gasteiger partial charge in [0.2, 0.25) is 0 Å². The first-order valence-corrected chi connectivity index (χ1v) is 6.95. The van der Waals surface area contributed by atoms with Crippen molar-refractivity contribution >= 4 is 5.57 Å². The van der Waals surface area contributed by atoms with Crippen LogP contribution in [-0.2, 0) is 4.74 Å². The summed E-state index contributed by atoms with van der Waals surface area (Å²) in [5, 5.41) is 0. The summed E-state index contributed by atoms with van der Waals surface area (Å²) in [6.45, 7) is 7.39. The third-order valence-electron chi connectivity index (χ3n) is 2.74. The van der Waals surface area contributed by atoms with Crippen molar-refractivity contribution in [1.82, 2.24) is 0 Å². The van der Waals surface area contributed by atoms with E-state index in [1.54, 1.807) is 0 Å². The number of hydrogen-bond acceptors (Lipinski definition) is 1. The van der Waals surface area contributed by atoms with Gasteiger partial charge in [0.1, 0.15) is 0 Å². The van der Waals surface area contributed by atoms with Gasteiger partial charge < -0.3 is 0 Å². The second kappa shape index (κ2) is 9.59. The van der Waals surface area contributed by atoms with Crippen LogP contribution >= 0.6 is 0 Å². The van der Waals surface area contributed by atoms with E-state index in [9.17, 15) is 13.2 Å². The average Bonchev–Trinajstić information content (AvgIpc) is 2.45. The van der Waals surface area contributed by atoms with E-state index < -0.39 is 13.0 Å². The predicted molar refractivity (Wildman–Crippen MR) is 77.3 cm³/mol. The maximum Gasteiger partial charge on any atom is 0.522 e. The molecule has 0 fully saturated rings. The number of allylic oxidation sites excluding steroid dienone is 1. The van der Waals surface area contributed by atoms with Gasteiger partial charge >= 0.3 is 6.36 Å². The van der Waals surface area contributed by atoms with E-state index in [1.807, 2.05) is 58.0 Å². The molecular formula is C16H23F3O. The fourth-order valence-corrected chi connectivity index (χ4v) is 1.87. The van der Waals surface area contributed by atoms with Crippen molar-refractivity contribution in [2.75, 3.05) is 6.61 Å². The van der Waals surface area contributed by atoms with Gasteiger partial charge in [-0.1, -0.05) is 58.0 Å². The lowest BCUT2D eigenvalue weighted by Gasteiger charge is -2.15. The topological polar surface area (TPSA) is 9.23 Å². The molecule has 0 saturated carbocycles. The van der Waals surface area contributed by atoms with Crippen LogP contribution in [0, 0.1) is 0 Å². The molecule has 4 heteroatoms. The molecule has 0 bridgehead atoms. The van der Waals surface area contributed by atoms with E-state index >= 15 is 0 Å². The third kappa shape index (κ3) is 6.75. The van der Waals surface area contributed by atoms with Crippen LogP contribution in [0.2, 0.25) is 0 Å². The Morgan fingerprint density at radius 1 is 1.00 bits per heavy atom. The summed E-state index contributed by atoms with van der Waals surface area (Å²) in [6.07, 6.45) is -3.33. The molecule has 1 nitrogen and oxygen atoms in total. The molecule has 0 spiro atoms. The first-order chi connectivity index (χ1) is 9.48. The first-order valence-electron chi connectivity index (χ1n) is 6.95. The highest BCUT2D eigenvalue weighted by atomic mass is 19.4. The zero-order valence-electron chi connectivity index (χ0n) is 12.6. The molecule has 0 aliphatic heterocycles. The predicted octanol–water partition coefficient (Wildman–Crippen LogP) is 5.82. The van der Waals surface area contributed by atoms with Crippen molar-refractivity contribution in [2.45, 2.75) is 46.9 Å². The quantitative estimate of drug-likeness (QED) is 0.663. The summed E-state index contributed by atoms with van der Waals surface area (Å²) < 4.78 is 40.2. The summed E-state index contributed by atoms with van der Waals surface area (Å²) in [7, 11) is 0. The lowest BCUT2D eigenvalue weighted by molar-refractivity contribution is -0.320. The number of rotatable bonds is 5. The van der Waals surface area contributed by atoms with Crippen LogP contribution in [0.3, 0.4) is 0 Å².